The molecule has 0 aromatic heterocycles. The Labute approximate surface area is 403 Å². The first-order chi connectivity index (χ1) is 31.7. The van der Waals surface area contributed by atoms with Gasteiger partial charge in [0.1, 0.15) is 12.2 Å². The first-order valence-electron chi connectivity index (χ1n) is 28.4. The lowest BCUT2D eigenvalue weighted by Gasteiger charge is -2.24. The van der Waals surface area contributed by atoms with E-state index >= 15 is 0 Å². The van der Waals surface area contributed by atoms with Crippen molar-refractivity contribution in [2.24, 2.45) is 0 Å². The molecule has 0 spiro atoms. The fourth-order valence-electron chi connectivity index (χ4n) is 9.40. The van der Waals surface area contributed by atoms with Crippen molar-refractivity contribution in [3.8, 4) is 0 Å². The van der Waals surface area contributed by atoms with Crippen LogP contribution in [0.25, 0.3) is 0 Å². The summed E-state index contributed by atoms with van der Waals surface area (Å²) in [5.41, 5.74) is 0. The van der Waals surface area contributed by atoms with Crippen molar-refractivity contribution >= 4 is 11.9 Å². The Hall–Kier alpha value is -1.26. The molecular weight excluding hydrogens is 813 g/mol. The minimum atomic E-state index is -0.759. The zero-order chi connectivity index (χ0) is 47.4. The molecule has 1 aliphatic heterocycles. The monoisotopic (exact) mass is 923 g/mol. The van der Waals surface area contributed by atoms with Gasteiger partial charge in [-0.2, -0.15) is 0 Å². The van der Waals surface area contributed by atoms with Crippen molar-refractivity contribution in [1.82, 2.24) is 9.80 Å². The van der Waals surface area contributed by atoms with Gasteiger partial charge in [0.05, 0.1) is 12.7 Å². The standard InChI is InChI=1S/C56H110N2O7/c1-7-11-15-19-23-30-38-51(37-29-18-14-10-4)63-55(60)42-34-28-35-44-58-48-53(65-56(61)43-45-57(5)6)47-50(58)49-62-46-36-27-22-26-33-41-54(59)64-52(39-31-24-20-16-12-8-2)40-32-25-21-17-13-9-3/h50-53,56,61H,7-49H2,1-6H3. The van der Waals surface area contributed by atoms with Gasteiger partial charge in [-0.25, -0.2) is 0 Å². The number of aliphatic hydroxyl groups excluding tert-OH is 1. The normalized spacial score (nSPS) is 16.5. The number of nitrogens with zero attached hydrogens (tertiary/aromatic N) is 2. The highest BCUT2D eigenvalue weighted by molar-refractivity contribution is 5.69. The average Bonchev–Trinajstić information content (AvgIpc) is 3.67. The number of aliphatic hydroxyl groups is 1. The molecule has 4 atom stereocenters. The Morgan fingerprint density at radius 1 is 0.538 bits per heavy atom. The molecule has 0 aliphatic carbocycles. The minimum Gasteiger partial charge on any atom is -0.462 e. The summed E-state index contributed by atoms with van der Waals surface area (Å²) in [4.78, 5) is 30.3. The van der Waals surface area contributed by atoms with Crippen LogP contribution in [0.3, 0.4) is 0 Å². The molecule has 0 saturated carbocycles. The van der Waals surface area contributed by atoms with Crippen molar-refractivity contribution in [1.29, 1.82) is 0 Å². The largest absolute Gasteiger partial charge is 0.462 e. The first kappa shape index (κ1) is 61.8. The van der Waals surface area contributed by atoms with Crippen LogP contribution in [-0.4, -0.2) is 104 Å². The van der Waals surface area contributed by atoms with Crippen molar-refractivity contribution in [2.75, 3.05) is 46.9 Å². The van der Waals surface area contributed by atoms with E-state index in [9.17, 15) is 14.7 Å². The third-order valence-electron chi connectivity index (χ3n) is 13.6. The van der Waals surface area contributed by atoms with Gasteiger partial charge < -0.3 is 29.0 Å². The first-order valence-corrected chi connectivity index (χ1v) is 28.4. The van der Waals surface area contributed by atoms with Gasteiger partial charge in [0.2, 0.25) is 0 Å². The maximum absolute atomic E-state index is 12.9. The summed E-state index contributed by atoms with van der Waals surface area (Å²) < 4.78 is 24.5. The zero-order valence-electron chi connectivity index (χ0n) is 44.1. The number of carbonyl (C=O) groups excluding carboxylic acids is 2. The Morgan fingerprint density at radius 3 is 1.40 bits per heavy atom. The fraction of sp³-hybridized carbons (Fsp3) is 0.964. The van der Waals surface area contributed by atoms with Gasteiger partial charge in [-0.05, 0) is 104 Å². The van der Waals surface area contributed by atoms with Gasteiger partial charge in [0, 0.05) is 45.0 Å². The molecule has 0 bridgehead atoms. The molecule has 0 radical (unpaired) electrons. The van der Waals surface area contributed by atoms with E-state index in [4.69, 9.17) is 18.9 Å². The lowest BCUT2D eigenvalue weighted by atomic mass is 10.0. The second-order valence-electron chi connectivity index (χ2n) is 20.3. The molecule has 65 heavy (non-hydrogen) atoms. The number of rotatable bonds is 49. The molecule has 9 heteroatoms. The Balaban J connectivity index is 2.45. The van der Waals surface area contributed by atoms with Crippen LogP contribution in [0.5, 0.6) is 0 Å². The molecule has 0 aromatic rings. The van der Waals surface area contributed by atoms with Gasteiger partial charge >= 0.3 is 11.9 Å². The highest BCUT2D eigenvalue weighted by Gasteiger charge is 2.33. The van der Waals surface area contributed by atoms with Gasteiger partial charge in [-0.15, -0.1) is 0 Å². The average molecular weight is 924 g/mol. The molecule has 1 aliphatic rings. The van der Waals surface area contributed by atoms with Gasteiger partial charge in [0.15, 0.2) is 6.29 Å². The lowest BCUT2D eigenvalue weighted by Crippen LogP contribution is -2.34. The Morgan fingerprint density at radius 2 is 0.938 bits per heavy atom. The number of hydrogen-bond donors (Lipinski definition) is 1. The van der Waals surface area contributed by atoms with Crippen molar-refractivity contribution in [3.63, 3.8) is 0 Å². The Kier molecular flexibility index (Phi) is 42.9. The summed E-state index contributed by atoms with van der Waals surface area (Å²) in [6.45, 7) is 13.0. The number of esters is 2. The Bertz CT molecular complexity index is 1030. The number of unbranched alkanes of at least 4 members (excludes halogenated alkanes) is 24. The molecule has 386 valence electrons. The van der Waals surface area contributed by atoms with E-state index < -0.39 is 6.29 Å². The summed E-state index contributed by atoms with van der Waals surface area (Å²) in [5, 5.41) is 10.6. The lowest BCUT2D eigenvalue weighted by molar-refractivity contribution is -0.151. The van der Waals surface area contributed by atoms with E-state index in [1.807, 2.05) is 14.1 Å². The van der Waals surface area contributed by atoms with Crippen molar-refractivity contribution in [2.45, 2.75) is 302 Å². The quantitative estimate of drug-likeness (QED) is 0.0363. The van der Waals surface area contributed by atoms with E-state index in [0.717, 1.165) is 123 Å². The van der Waals surface area contributed by atoms with Crippen LogP contribution in [0.1, 0.15) is 272 Å². The molecule has 0 aromatic carbocycles. The second-order valence-corrected chi connectivity index (χ2v) is 20.3. The van der Waals surface area contributed by atoms with Crippen LogP contribution in [0.2, 0.25) is 0 Å². The van der Waals surface area contributed by atoms with Crippen LogP contribution in [0, 0.1) is 0 Å². The predicted octanol–water partition coefficient (Wildman–Crippen LogP) is 14.7. The minimum absolute atomic E-state index is 0.00199. The molecule has 1 N–H and O–H groups in total. The summed E-state index contributed by atoms with van der Waals surface area (Å²) in [6, 6.07) is 0.262. The van der Waals surface area contributed by atoms with E-state index in [1.54, 1.807) is 0 Å². The van der Waals surface area contributed by atoms with Crippen LogP contribution in [0.15, 0.2) is 0 Å². The predicted molar refractivity (Wildman–Crippen MR) is 274 cm³/mol. The van der Waals surface area contributed by atoms with Crippen molar-refractivity contribution < 1.29 is 33.6 Å². The number of ether oxygens (including phenoxy) is 4. The molecule has 4 unspecified atom stereocenters. The van der Waals surface area contributed by atoms with Crippen LogP contribution in [-0.2, 0) is 28.5 Å². The van der Waals surface area contributed by atoms with Gasteiger partial charge in [-0.1, -0.05) is 169 Å². The highest BCUT2D eigenvalue weighted by Crippen LogP contribution is 2.24. The molecular formula is C56H110N2O7. The molecule has 0 amide bonds. The van der Waals surface area contributed by atoms with E-state index in [0.29, 0.717) is 25.9 Å². The molecule has 9 nitrogen and oxygen atoms in total. The van der Waals surface area contributed by atoms with Gasteiger partial charge in [-0.3, -0.25) is 14.5 Å². The molecule has 1 rings (SSSR count). The van der Waals surface area contributed by atoms with Gasteiger partial charge in [0.25, 0.3) is 0 Å². The maximum Gasteiger partial charge on any atom is 0.306 e. The third kappa shape index (κ3) is 38.3. The summed E-state index contributed by atoms with van der Waals surface area (Å²) in [5.74, 6) is -0.0185. The number of carbonyl (C=O) groups is 2. The second kappa shape index (κ2) is 45.2. The van der Waals surface area contributed by atoms with Crippen molar-refractivity contribution in [3.05, 3.63) is 0 Å². The summed E-state index contributed by atoms with van der Waals surface area (Å²) in [7, 11) is 4.03. The topological polar surface area (TPSA) is 97.8 Å². The molecule has 1 fully saturated rings. The summed E-state index contributed by atoms with van der Waals surface area (Å²) in [6.07, 6.45) is 41.8. The van der Waals surface area contributed by atoms with Crippen LogP contribution < -0.4 is 0 Å². The fourth-order valence-corrected chi connectivity index (χ4v) is 9.40. The maximum atomic E-state index is 12.9. The third-order valence-corrected chi connectivity index (χ3v) is 13.6. The zero-order valence-corrected chi connectivity index (χ0v) is 44.1. The molecule has 1 saturated heterocycles. The SMILES string of the molecule is CCCCCCCCC(CCCCCC)OC(=O)CCCCCN1CC(OC(O)CCN(C)C)CC1COCCCCCCCC(=O)OC(CCCCCCCC)CCCCCCCC. The van der Waals surface area contributed by atoms with E-state index in [2.05, 4.69) is 37.5 Å². The smallest absolute Gasteiger partial charge is 0.306 e. The van der Waals surface area contributed by atoms with E-state index in [-0.39, 0.29) is 36.3 Å². The van der Waals surface area contributed by atoms with E-state index in [1.165, 1.54) is 128 Å². The molecule has 1 heterocycles. The number of hydrogen-bond acceptors (Lipinski definition) is 9. The van der Waals surface area contributed by atoms with Crippen LogP contribution in [0.4, 0.5) is 0 Å². The summed E-state index contributed by atoms with van der Waals surface area (Å²) >= 11 is 0. The number of likely N-dealkylation sites (tertiary alicyclic amines) is 1. The van der Waals surface area contributed by atoms with Crippen LogP contribution >= 0.6 is 0 Å². The highest BCUT2D eigenvalue weighted by atomic mass is 16.6.